The Kier molecular flexibility index (Phi) is 2.74. The summed E-state index contributed by atoms with van der Waals surface area (Å²) in [6.45, 7) is 3.43. The Labute approximate surface area is 94.1 Å². The van der Waals surface area contributed by atoms with Gasteiger partial charge in [0.2, 0.25) is 0 Å². The normalized spacial score (nSPS) is 29.7. The van der Waals surface area contributed by atoms with Crippen LogP contribution in [0, 0.1) is 24.5 Å². The molecule has 0 saturated heterocycles. The van der Waals surface area contributed by atoms with E-state index in [1.807, 2.05) is 6.92 Å². The van der Waals surface area contributed by atoms with Crippen LogP contribution in [0.4, 0.5) is 8.78 Å². The zero-order valence-electron chi connectivity index (χ0n) is 9.56. The average molecular weight is 226 g/mol. The van der Waals surface area contributed by atoms with Gasteiger partial charge < -0.3 is 5.11 Å². The van der Waals surface area contributed by atoms with Gasteiger partial charge in [0.25, 0.3) is 0 Å². The molecule has 1 saturated carbocycles. The van der Waals surface area contributed by atoms with Crippen LogP contribution < -0.4 is 0 Å². The molecule has 2 unspecified atom stereocenters. The third-order valence-electron chi connectivity index (χ3n) is 3.73. The monoisotopic (exact) mass is 226 g/mol. The smallest absolute Gasteiger partial charge is 0.135 e. The Bertz CT molecular complexity index is 417. The summed E-state index contributed by atoms with van der Waals surface area (Å²) in [7, 11) is 0. The first-order valence-corrected chi connectivity index (χ1v) is 5.64. The fraction of sp³-hybridized carbons (Fsp3) is 0.538. The highest BCUT2D eigenvalue weighted by atomic mass is 19.1. The fourth-order valence-electron chi connectivity index (χ4n) is 2.59. The van der Waals surface area contributed by atoms with E-state index < -0.39 is 17.2 Å². The van der Waals surface area contributed by atoms with E-state index in [0.717, 1.165) is 12.8 Å². The van der Waals surface area contributed by atoms with Crippen molar-refractivity contribution in [3.05, 3.63) is 34.9 Å². The second kappa shape index (κ2) is 3.81. The maximum Gasteiger partial charge on any atom is 0.135 e. The molecule has 0 radical (unpaired) electrons. The standard InChI is InChI=1S/C13H16F2O/c1-8-5-6-10(14)11(12(8)15)13(16)7-3-4-9(13)2/h5-6,9,16H,3-4,7H2,1-2H3. The molecule has 0 amide bonds. The van der Waals surface area contributed by atoms with Gasteiger partial charge in [-0.05, 0) is 43.7 Å². The van der Waals surface area contributed by atoms with E-state index in [1.54, 1.807) is 6.92 Å². The number of hydrogen-bond acceptors (Lipinski definition) is 1. The summed E-state index contributed by atoms with van der Waals surface area (Å²) >= 11 is 0. The van der Waals surface area contributed by atoms with Gasteiger partial charge in [-0.25, -0.2) is 8.78 Å². The maximum atomic E-state index is 13.9. The van der Waals surface area contributed by atoms with Crippen molar-refractivity contribution < 1.29 is 13.9 Å². The third kappa shape index (κ3) is 1.54. The molecule has 1 aliphatic carbocycles. The molecule has 1 fully saturated rings. The lowest BCUT2D eigenvalue weighted by Crippen LogP contribution is -2.31. The molecule has 2 atom stereocenters. The van der Waals surface area contributed by atoms with Crippen LogP contribution in [0.3, 0.4) is 0 Å². The number of rotatable bonds is 1. The van der Waals surface area contributed by atoms with Crippen molar-refractivity contribution in [1.82, 2.24) is 0 Å². The molecule has 0 bridgehead atoms. The Morgan fingerprint density at radius 2 is 2.06 bits per heavy atom. The van der Waals surface area contributed by atoms with E-state index in [-0.39, 0.29) is 11.5 Å². The van der Waals surface area contributed by atoms with Crippen molar-refractivity contribution in [3.8, 4) is 0 Å². The van der Waals surface area contributed by atoms with Crippen molar-refractivity contribution >= 4 is 0 Å². The summed E-state index contributed by atoms with van der Waals surface area (Å²) in [5.74, 6) is -1.34. The van der Waals surface area contributed by atoms with Gasteiger partial charge in [0.05, 0.1) is 11.2 Å². The van der Waals surface area contributed by atoms with Crippen molar-refractivity contribution in [3.63, 3.8) is 0 Å². The van der Waals surface area contributed by atoms with Gasteiger partial charge in [-0.2, -0.15) is 0 Å². The van der Waals surface area contributed by atoms with E-state index >= 15 is 0 Å². The molecule has 1 aromatic carbocycles. The summed E-state index contributed by atoms with van der Waals surface area (Å²) in [4.78, 5) is 0. The van der Waals surface area contributed by atoms with Crippen LogP contribution >= 0.6 is 0 Å². The van der Waals surface area contributed by atoms with Crippen molar-refractivity contribution in [2.45, 2.75) is 38.7 Å². The number of aryl methyl sites for hydroxylation is 1. The summed E-state index contributed by atoms with van der Waals surface area (Å²) in [6.07, 6.45) is 2.05. The highest BCUT2D eigenvalue weighted by Gasteiger charge is 2.43. The van der Waals surface area contributed by atoms with Gasteiger partial charge in [-0.15, -0.1) is 0 Å². The first kappa shape index (κ1) is 11.5. The van der Waals surface area contributed by atoms with Crippen LogP contribution in [0.5, 0.6) is 0 Å². The predicted molar refractivity (Wildman–Crippen MR) is 58.0 cm³/mol. The molecule has 1 N–H and O–H groups in total. The summed E-state index contributed by atoms with van der Waals surface area (Å²) < 4.78 is 27.6. The van der Waals surface area contributed by atoms with Crippen molar-refractivity contribution in [2.24, 2.45) is 5.92 Å². The van der Waals surface area contributed by atoms with Gasteiger partial charge in [0.1, 0.15) is 11.6 Å². The molecule has 1 nitrogen and oxygen atoms in total. The van der Waals surface area contributed by atoms with Gasteiger partial charge in [0, 0.05) is 0 Å². The molecule has 0 heterocycles. The van der Waals surface area contributed by atoms with E-state index in [1.165, 1.54) is 12.1 Å². The first-order valence-electron chi connectivity index (χ1n) is 5.64. The third-order valence-corrected chi connectivity index (χ3v) is 3.73. The Hall–Kier alpha value is -0.960. The molecule has 0 aliphatic heterocycles. The lowest BCUT2D eigenvalue weighted by atomic mass is 9.83. The van der Waals surface area contributed by atoms with E-state index in [9.17, 15) is 13.9 Å². The second-order valence-corrected chi connectivity index (χ2v) is 4.77. The zero-order valence-corrected chi connectivity index (χ0v) is 9.56. The van der Waals surface area contributed by atoms with Crippen LogP contribution in [0.2, 0.25) is 0 Å². The lowest BCUT2D eigenvalue weighted by Gasteiger charge is -2.29. The summed E-state index contributed by atoms with van der Waals surface area (Å²) in [5, 5.41) is 10.4. The van der Waals surface area contributed by atoms with Crippen LogP contribution in [0.15, 0.2) is 12.1 Å². The van der Waals surface area contributed by atoms with Crippen LogP contribution in [-0.2, 0) is 5.60 Å². The molecular weight excluding hydrogens is 210 g/mol. The highest BCUT2D eigenvalue weighted by Crippen LogP contribution is 2.45. The van der Waals surface area contributed by atoms with Gasteiger partial charge in [-0.3, -0.25) is 0 Å². The van der Waals surface area contributed by atoms with Crippen LogP contribution in [0.1, 0.15) is 37.3 Å². The first-order chi connectivity index (χ1) is 7.47. The molecule has 88 valence electrons. The van der Waals surface area contributed by atoms with Crippen LogP contribution in [-0.4, -0.2) is 5.11 Å². The van der Waals surface area contributed by atoms with E-state index in [4.69, 9.17) is 0 Å². The fourth-order valence-corrected chi connectivity index (χ4v) is 2.59. The Morgan fingerprint density at radius 3 is 2.62 bits per heavy atom. The Balaban J connectivity index is 2.59. The van der Waals surface area contributed by atoms with E-state index in [0.29, 0.717) is 12.0 Å². The van der Waals surface area contributed by atoms with Gasteiger partial charge in [0.15, 0.2) is 0 Å². The largest absolute Gasteiger partial charge is 0.385 e. The molecule has 16 heavy (non-hydrogen) atoms. The summed E-state index contributed by atoms with van der Waals surface area (Å²) in [5.41, 5.74) is -1.10. The summed E-state index contributed by atoms with van der Waals surface area (Å²) in [6, 6.07) is 2.63. The lowest BCUT2D eigenvalue weighted by molar-refractivity contribution is -0.00237. The van der Waals surface area contributed by atoms with Gasteiger partial charge in [-0.1, -0.05) is 13.0 Å². The van der Waals surface area contributed by atoms with Crippen molar-refractivity contribution in [1.29, 1.82) is 0 Å². The quantitative estimate of drug-likeness (QED) is 0.779. The Morgan fingerprint density at radius 1 is 1.38 bits per heavy atom. The minimum Gasteiger partial charge on any atom is -0.385 e. The zero-order chi connectivity index (χ0) is 11.9. The molecule has 1 aliphatic rings. The van der Waals surface area contributed by atoms with Crippen molar-refractivity contribution in [2.75, 3.05) is 0 Å². The maximum absolute atomic E-state index is 13.9. The average Bonchev–Trinajstić information content (AvgIpc) is 2.55. The minimum atomic E-state index is -1.33. The molecule has 2 rings (SSSR count). The molecule has 0 aromatic heterocycles. The number of hydrogen-bond donors (Lipinski definition) is 1. The molecule has 3 heteroatoms. The van der Waals surface area contributed by atoms with Gasteiger partial charge >= 0.3 is 0 Å². The highest BCUT2D eigenvalue weighted by molar-refractivity contribution is 5.32. The molecule has 1 aromatic rings. The molecular formula is C13H16F2O. The van der Waals surface area contributed by atoms with Crippen LogP contribution in [0.25, 0.3) is 0 Å². The number of benzene rings is 1. The predicted octanol–water partition coefficient (Wildman–Crippen LogP) is 3.28. The SMILES string of the molecule is Cc1ccc(F)c(C2(O)CCCC2C)c1F. The molecule has 0 spiro atoms. The topological polar surface area (TPSA) is 20.2 Å². The van der Waals surface area contributed by atoms with E-state index in [2.05, 4.69) is 0 Å². The number of halogens is 2. The minimum absolute atomic E-state index is 0.0988. The number of aliphatic hydroxyl groups is 1. The second-order valence-electron chi connectivity index (χ2n) is 4.77.